The summed E-state index contributed by atoms with van der Waals surface area (Å²) in [6.07, 6.45) is 0.699. The number of hydrogen-bond donors (Lipinski definition) is 2. The number of benzene rings is 1. The summed E-state index contributed by atoms with van der Waals surface area (Å²) in [6, 6.07) is 9.29. The third-order valence-electron chi connectivity index (χ3n) is 3.31. The lowest BCUT2D eigenvalue weighted by Gasteiger charge is -2.10. The molecule has 116 valence electrons. The second-order valence-corrected chi connectivity index (χ2v) is 6.90. The highest BCUT2D eigenvalue weighted by Crippen LogP contribution is 2.11. The van der Waals surface area contributed by atoms with Gasteiger partial charge in [-0.15, -0.1) is 0 Å². The van der Waals surface area contributed by atoms with E-state index in [1.165, 1.54) is 0 Å². The first kappa shape index (κ1) is 15.9. The van der Waals surface area contributed by atoms with Gasteiger partial charge in [0.2, 0.25) is 15.9 Å². The highest BCUT2D eigenvalue weighted by Gasteiger charge is 2.23. The molecule has 6 nitrogen and oxygen atoms in total. The van der Waals surface area contributed by atoms with Crippen LogP contribution in [-0.4, -0.2) is 39.8 Å². The molecule has 21 heavy (non-hydrogen) atoms. The minimum atomic E-state index is -3.39. The molecule has 1 atom stereocenters. The van der Waals surface area contributed by atoms with Crippen LogP contribution in [0.25, 0.3) is 0 Å². The van der Waals surface area contributed by atoms with Gasteiger partial charge in [-0.2, -0.15) is 0 Å². The number of amides is 1. The average molecular weight is 312 g/mol. The molecule has 0 radical (unpaired) electrons. The van der Waals surface area contributed by atoms with E-state index in [2.05, 4.69) is 10.0 Å². The first-order valence-corrected chi connectivity index (χ1v) is 8.59. The number of sulfonamides is 1. The predicted octanol–water partition coefficient (Wildman–Crippen LogP) is 0.259. The molecule has 2 N–H and O–H groups in total. The van der Waals surface area contributed by atoms with E-state index in [4.69, 9.17) is 4.74 Å². The summed E-state index contributed by atoms with van der Waals surface area (Å²) in [4.78, 5) is 11.7. The van der Waals surface area contributed by atoms with E-state index in [-0.39, 0.29) is 30.7 Å². The van der Waals surface area contributed by atoms with Gasteiger partial charge < -0.3 is 10.1 Å². The van der Waals surface area contributed by atoms with E-state index < -0.39 is 10.0 Å². The van der Waals surface area contributed by atoms with Gasteiger partial charge in [0.1, 0.15) is 0 Å². The van der Waals surface area contributed by atoms with Gasteiger partial charge in [0.05, 0.1) is 18.3 Å². The van der Waals surface area contributed by atoms with Crippen molar-refractivity contribution in [3.05, 3.63) is 35.9 Å². The Morgan fingerprint density at radius 1 is 1.29 bits per heavy atom. The smallest absolute Gasteiger partial charge is 0.225 e. The summed E-state index contributed by atoms with van der Waals surface area (Å²) >= 11 is 0. The van der Waals surface area contributed by atoms with Crippen molar-refractivity contribution >= 4 is 15.9 Å². The lowest BCUT2D eigenvalue weighted by atomic mass is 10.1. The Hall–Kier alpha value is -1.44. The molecule has 1 heterocycles. The highest BCUT2D eigenvalue weighted by atomic mass is 32.2. The molecule has 2 rings (SSSR count). The summed E-state index contributed by atoms with van der Waals surface area (Å²) in [5, 5.41) is 2.64. The zero-order valence-corrected chi connectivity index (χ0v) is 12.6. The lowest BCUT2D eigenvalue weighted by Crippen LogP contribution is -2.37. The van der Waals surface area contributed by atoms with E-state index in [1.54, 1.807) is 0 Å². The molecule has 7 heteroatoms. The van der Waals surface area contributed by atoms with Crippen LogP contribution >= 0.6 is 0 Å². The lowest BCUT2D eigenvalue weighted by molar-refractivity contribution is -0.124. The van der Waals surface area contributed by atoms with Crippen LogP contribution in [0.4, 0.5) is 0 Å². The molecule has 1 aromatic carbocycles. The van der Waals surface area contributed by atoms with Crippen molar-refractivity contribution in [1.29, 1.82) is 0 Å². The third kappa shape index (κ3) is 5.45. The van der Waals surface area contributed by atoms with Crippen molar-refractivity contribution in [2.24, 2.45) is 5.92 Å². The predicted molar refractivity (Wildman–Crippen MR) is 79.0 cm³/mol. The van der Waals surface area contributed by atoms with Crippen LogP contribution in [0.3, 0.4) is 0 Å². The first-order valence-electron chi connectivity index (χ1n) is 6.93. The summed E-state index contributed by atoms with van der Waals surface area (Å²) in [5.41, 5.74) is 0.896. The van der Waals surface area contributed by atoms with Crippen LogP contribution in [-0.2, 0) is 26.1 Å². The zero-order valence-electron chi connectivity index (χ0n) is 11.7. The van der Waals surface area contributed by atoms with Crippen LogP contribution in [0.5, 0.6) is 0 Å². The maximum atomic E-state index is 11.8. The number of rotatable bonds is 7. The SMILES string of the molecule is O=C(NCCS(=O)(=O)NCc1ccccc1)C1CCOC1. The monoisotopic (exact) mass is 312 g/mol. The molecule has 1 unspecified atom stereocenters. The molecule has 1 fully saturated rings. The zero-order chi connectivity index (χ0) is 15.1. The third-order valence-corrected chi connectivity index (χ3v) is 4.64. The Morgan fingerprint density at radius 2 is 2.05 bits per heavy atom. The largest absolute Gasteiger partial charge is 0.381 e. The highest BCUT2D eigenvalue weighted by molar-refractivity contribution is 7.89. The molecular weight excluding hydrogens is 292 g/mol. The second kappa shape index (κ2) is 7.53. The summed E-state index contributed by atoms with van der Waals surface area (Å²) in [5.74, 6) is -0.408. The fraction of sp³-hybridized carbons (Fsp3) is 0.500. The van der Waals surface area contributed by atoms with Gasteiger partial charge in [0, 0.05) is 19.7 Å². The van der Waals surface area contributed by atoms with Gasteiger partial charge in [0.25, 0.3) is 0 Å². The fourth-order valence-electron chi connectivity index (χ4n) is 2.06. The quantitative estimate of drug-likeness (QED) is 0.756. The summed E-state index contributed by atoms with van der Waals surface area (Å²) in [7, 11) is -3.39. The second-order valence-electron chi connectivity index (χ2n) is 4.98. The van der Waals surface area contributed by atoms with Gasteiger partial charge in [-0.25, -0.2) is 13.1 Å². The van der Waals surface area contributed by atoms with Gasteiger partial charge in [-0.05, 0) is 12.0 Å². The van der Waals surface area contributed by atoms with Crippen LogP contribution in [0, 0.1) is 5.92 Å². The normalized spacial score (nSPS) is 18.6. The molecule has 0 saturated carbocycles. The van der Waals surface area contributed by atoms with Crippen molar-refractivity contribution in [2.75, 3.05) is 25.5 Å². The van der Waals surface area contributed by atoms with Crippen LogP contribution in [0.2, 0.25) is 0 Å². The van der Waals surface area contributed by atoms with Crippen LogP contribution in [0.1, 0.15) is 12.0 Å². The van der Waals surface area contributed by atoms with Crippen molar-refractivity contribution in [3.8, 4) is 0 Å². The number of nitrogens with one attached hydrogen (secondary N) is 2. The Labute approximate surface area is 124 Å². The molecular formula is C14H20N2O4S. The number of hydrogen-bond acceptors (Lipinski definition) is 4. The Bertz CT molecular complexity index is 554. The number of carbonyl (C=O) groups excluding carboxylic acids is 1. The van der Waals surface area contributed by atoms with Gasteiger partial charge in [-0.1, -0.05) is 30.3 Å². The van der Waals surface area contributed by atoms with E-state index in [0.29, 0.717) is 19.6 Å². The standard InChI is InChI=1S/C14H20N2O4S/c17-14(13-6-8-20-11-13)15-7-9-21(18,19)16-10-12-4-2-1-3-5-12/h1-5,13,16H,6-11H2,(H,15,17). The molecule has 1 aliphatic rings. The van der Waals surface area contributed by atoms with E-state index >= 15 is 0 Å². The van der Waals surface area contributed by atoms with Crippen molar-refractivity contribution in [1.82, 2.24) is 10.0 Å². The van der Waals surface area contributed by atoms with Gasteiger partial charge >= 0.3 is 0 Å². The minimum absolute atomic E-state index is 0.111. The molecule has 0 aliphatic carbocycles. The average Bonchev–Trinajstić information content (AvgIpc) is 3.00. The maximum Gasteiger partial charge on any atom is 0.225 e. The van der Waals surface area contributed by atoms with Crippen molar-refractivity contribution < 1.29 is 17.9 Å². The molecule has 0 aromatic heterocycles. The Kier molecular flexibility index (Phi) is 5.72. The van der Waals surface area contributed by atoms with Gasteiger partial charge in [0.15, 0.2) is 0 Å². The molecule has 1 aliphatic heterocycles. The Balaban J connectivity index is 1.70. The van der Waals surface area contributed by atoms with E-state index in [9.17, 15) is 13.2 Å². The van der Waals surface area contributed by atoms with Crippen molar-refractivity contribution in [2.45, 2.75) is 13.0 Å². The summed E-state index contributed by atoms with van der Waals surface area (Å²) < 4.78 is 31.3. The Morgan fingerprint density at radius 3 is 2.71 bits per heavy atom. The minimum Gasteiger partial charge on any atom is -0.381 e. The van der Waals surface area contributed by atoms with E-state index in [1.807, 2.05) is 30.3 Å². The van der Waals surface area contributed by atoms with Crippen molar-refractivity contribution in [3.63, 3.8) is 0 Å². The topological polar surface area (TPSA) is 84.5 Å². The number of ether oxygens (including phenoxy) is 1. The molecule has 1 aromatic rings. The van der Waals surface area contributed by atoms with Crippen LogP contribution in [0.15, 0.2) is 30.3 Å². The maximum absolute atomic E-state index is 11.8. The number of carbonyl (C=O) groups is 1. The molecule has 0 bridgehead atoms. The summed E-state index contributed by atoms with van der Waals surface area (Å²) in [6.45, 7) is 1.38. The van der Waals surface area contributed by atoms with E-state index in [0.717, 1.165) is 5.56 Å². The fourth-order valence-corrected chi connectivity index (χ4v) is 2.96. The molecule has 0 spiro atoms. The molecule has 1 saturated heterocycles. The molecule has 1 amide bonds. The van der Waals surface area contributed by atoms with Gasteiger partial charge in [-0.3, -0.25) is 4.79 Å². The first-order chi connectivity index (χ1) is 10.1. The van der Waals surface area contributed by atoms with Crippen LogP contribution < -0.4 is 10.0 Å².